The lowest BCUT2D eigenvalue weighted by atomic mass is 9.76. The van der Waals surface area contributed by atoms with Gasteiger partial charge in [-0.05, 0) is 30.7 Å². The Morgan fingerprint density at radius 3 is 2.47 bits per heavy atom. The Bertz CT molecular complexity index is 185. The van der Waals surface area contributed by atoms with Gasteiger partial charge >= 0.3 is 0 Å². The summed E-state index contributed by atoms with van der Waals surface area (Å²) in [6, 6.07) is 0. The molecule has 0 aliphatic carbocycles. The quantitative estimate of drug-likeness (QED) is 0.669. The van der Waals surface area contributed by atoms with Crippen molar-refractivity contribution in [2.75, 3.05) is 19.6 Å². The fourth-order valence-corrected chi connectivity index (χ4v) is 2.73. The van der Waals surface area contributed by atoms with Crippen LogP contribution in [0.25, 0.3) is 0 Å². The van der Waals surface area contributed by atoms with Gasteiger partial charge in [0.2, 0.25) is 0 Å². The highest BCUT2D eigenvalue weighted by Crippen LogP contribution is 2.34. The Kier molecular flexibility index (Phi) is 4.92. The molecule has 0 unspecified atom stereocenters. The number of rotatable bonds is 3. The third kappa shape index (κ3) is 4.32. The van der Waals surface area contributed by atoms with Gasteiger partial charge in [-0.2, -0.15) is 0 Å². The minimum atomic E-state index is 0.361. The lowest BCUT2D eigenvalue weighted by molar-refractivity contribution is 0.101. The Morgan fingerprint density at radius 2 is 1.93 bits per heavy atom. The molecule has 1 heterocycles. The standard InChI is InChI=1S/C13H26ClN/c1-5-6-7-15-9-11(13(2,3)4)8-12(14)10-15/h11-12H,5-10H2,1-4H3/t11-,12+/m0/s1. The number of nitrogens with zero attached hydrogens (tertiary/aromatic N) is 1. The molecule has 2 heteroatoms. The monoisotopic (exact) mass is 231 g/mol. The number of hydrogen-bond donors (Lipinski definition) is 0. The van der Waals surface area contributed by atoms with Crippen LogP contribution in [0.3, 0.4) is 0 Å². The van der Waals surface area contributed by atoms with Gasteiger partial charge in [-0.15, -0.1) is 11.6 Å². The van der Waals surface area contributed by atoms with E-state index in [9.17, 15) is 0 Å². The van der Waals surface area contributed by atoms with Crippen LogP contribution in [-0.4, -0.2) is 29.9 Å². The highest BCUT2D eigenvalue weighted by atomic mass is 35.5. The summed E-state index contributed by atoms with van der Waals surface area (Å²) in [4.78, 5) is 2.56. The fraction of sp³-hybridized carbons (Fsp3) is 1.00. The van der Waals surface area contributed by atoms with E-state index < -0.39 is 0 Å². The number of alkyl halides is 1. The van der Waals surface area contributed by atoms with Crippen LogP contribution in [-0.2, 0) is 0 Å². The van der Waals surface area contributed by atoms with E-state index in [-0.39, 0.29) is 0 Å². The average molecular weight is 232 g/mol. The molecule has 0 spiro atoms. The predicted molar refractivity (Wildman–Crippen MR) is 68.6 cm³/mol. The molecule has 0 radical (unpaired) electrons. The van der Waals surface area contributed by atoms with Gasteiger partial charge < -0.3 is 4.90 Å². The molecule has 0 saturated carbocycles. The minimum absolute atomic E-state index is 0.361. The molecule has 0 aromatic heterocycles. The zero-order valence-corrected chi connectivity index (χ0v) is 11.5. The second-order valence-corrected chi connectivity index (χ2v) is 6.63. The molecule has 15 heavy (non-hydrogen) atoms. The smallest absolute Gasteiger partial charge is 0.0466 e. The molecule has 0 bridgehead atoms. The van der Waals surface area contributed by atoms with E-state index in [1.165, 1.54) is 32.4 Å². The maximum atomic E-state index is 6.35. The van der Waals surface area contributed by atoms with Crippen LogP contribution >= 0.6 is 11.6 Å². The molecular weight excluding hydrogens is 206 g/mol. The van der Waals surface area contributed by atoms with E-state index in [1.54, 1.807) is 0 Å². The van der Waals surface area contributed by atoms with Crippen molar-refractivity contribution in [1.82, 2.24) is 4.90 Å². The third-order valence-corrected chi connectivity index (χ3v) is 3.84. The molecule has 1 rings (SSSR count). The van der Waals surface area contributed by atoms with Gasteiger partial charge in [0, 0.05) is 18.5 Å². The van der Waals surface area contributed by atoms with E-state index in [2.05, 4.69) is 32.6 Å². The average Bonchev–Trinajstić information content (AvgIpc) is 2.12. The molecule has 1 saturated heterocycles. The summed E-state index contributed by atoms with van der Waals surface area (Å²) >= 11 is 6.35. The number of likely N-dealkylation sites (tertiary alicyclic amines) is 1. The molecule has 1 aliphatic rings. The van der Waals surface area contributed by atoms with Gasteiger partial charge in [-0.1, -0.05) is 34.1 Å². The molecule has 1 fully saturated rings. The van der Waals surface area contributed by atoms with Crippen LogP contribution in [0.2, 0.25) is 0 Å². The lowest BCUT2D eigenvalue weighted by Crippen LogP contribution is -2.45. The van der Waals surface area contributed by atoms with Crippen LogP contribution < -0.4 is 0 Å². The van der Waals surface area contributed by atoms with Crippen molar-refractivity contribution in [3.63, 3.8) is 0 Å². The predicted octanol–water partition coefficient (Wildman–Crippen LogP) is 3.76. The van der Waals surface area contributed by atoms with E-state index in [0.717, 1.165) is 12.5 Å². The lowest BCUT2D eigenvalue weighted by Gasteiger charge is -2.41. The van der Waals surface area contributed by atoms with E-state index in [4.69, 9.17) is 11.6 Å². The summed E-state index contributed by atoms with van der Waals surface area (Å²) in [5.74, 6) is 0.755. The summed E-state index contributed by atoms with van der Waals surface area (Å²) in [5, 5.41) is 0.361. The minimum Gasteiger partial charge on any atom is -0.302 e. The fourth-order valence-electron chi connectivity index (χ4n) is 2.32. The number of piperidine rings is 1. The largest absolute Gasteiger partial charge is 0.302 e. The second-order valence-electron chi connectivity index (χ2n) is 6.01. The Labute approximate surface area is 100 Å². The number of hydrogen-bond acceptors (Lipinski definition) is 1. The molecule has 90 valence electrons. The highest BCUT2D eigenvalue weighted by Gasteiger charge is 2.32. The first-order chi connectivity index (χ1) is 6.93. The van der Waals surface area contributed by atoms with Crippen molar-refractivity contribution >= 4 is 11.6 Å². The maximum Gasteiger partial charge on any atom is 0.0466 e. The van der Waals surface area contributed by atoms with Gasteiger partial charge in [0.1, 0.15) is 0 Å². The Morgan fingerprint density at radius 1 is 1.27 bits per heavy atom. The first-order valence-corrected chi connectivity index (χ1v) is 6.73. The molecule has 0 amide bonds. The van der Waals surface area contributed by atoms with Gasteiger partial charge in [0.15, 0.2) is 0 Å². The van der Waals surface area contributed by atoms with Crippen LogP contribution in [0, 0.1) is 11.3 Å². The topological polar surface area (TPSA) is 3.24 Å². The van der Waals surface area contributed by atoms with Crippen LogP contribution in [0.1, 0.15) is 47.0 Å². The molecule has 1 nitrogen and oxygen atoms in total. The van der Waals surface area contributed by atoms with Crippen molar-refractivity contribution in [1.29, 1.82) is 0 Å². The Hall–Kier alpha value is 0.250. The summed E-state index contributed by atoms with van der Waals surface area (Å²) < 4.78 is 0. The van der Waals surface area contributed by atoms with Gasteiger partial charge in [0.25, 0.3) is 0 Å². The summed E-state index contributed by atoms with van der Waals surface area (Å²) in [6.07, 6.45) is 3.78. The van der Waals surface area contributed by atoms with Crippen LogP contribution in [0.5, 0.6) is 0 Å². The van der Waals surface area contributed by atoms with Crippen LogP contribution in [0.4, 0.5) is 0 Å². The first-order valence-electron chi connectivity index (χ1n) is 6.30. The van der Waals surface area contributed by atoms with E-state index in [1.807, 2.05) is 0 Å². The molecule has 2 atom stereocenters. The van der Waals surface area contributed by atoms with E-state index >= 15 is 0 Å². The van der Waals surface area contributed by atoms with E-state index in [0.29, 0.717) is 10.8 Å². The zero-order chi connectivity index (χ0) is 11.5. The van der Waals surface area contributed by atoms with Crippen molar-refractivity contribution in [3.05, 3.63) is 0 Å². The van der Waals surface area contributed by atoms with Crippen molar-refractivity contribution in [2.24, 2.45) is 11.3 Å². The van der Waals surface area contributed by atoms with Crippen molar-refractivity contribution < 1.29 is 0 Å². The highest BCUT2D eigenvalue weighted by molar-refractivity contribution is 6.20. The van der Waals surface area contributed by atoms with Gasteiger partial charge in [0.05, 0.1) is 0 Å². The SMILES string of the molecule is CCCCN1C[C@H](Cl)C[C@H](C(C)(C)C)C1. The number of unbranched alkanes of at least 4 members (excludes halogenated alkanes) is 1. The van der Waals surface area contributed by atoms with Gasteiger partial charge in [-0.3, -0.25) is 0 Å². The Balaban J connectivity index is 2.48. The van der Waals surface area contributed by atoms with Gasteiger partial charge in [-0.25, -0.2) is 0 Å². The summed E-state index contributed by atoms with van der Waals surface area (Å²) in [5.41, 5.74) is 0.401. The van der Waals surface area contributed by atoms with Crippen molar-refractivity contribution in [3.8, 4) is 0 Å². The van der Waals surface area contributed by atoms with Crippen LogP contribution in [0.15, 0.2) is 0 Å². The molecule has 0 aromatic carbocycles. The zero-order valence-electron chi connectivity index (χ0n) is 10.7. The molecule has 1 aliphatic heterocycles. The molecule has 0 aromatic rings. The third-order valence-electron chi connectivity index (χ3n) is 3.53. The maximum absolute atomic E-state index is 6.35. The molecule has 0 N–H and O–H groups in total. The second kappa shape index (κ2) is 5.54. The summed E-state index contributed by atoms with van der Waals surface area (Å²) in [7, 11) is 0. The normalized spacial score (nSPS) is 29.4. The van der Waals surface area contributed by atoms with Crippen molar-refractivity contribution in [2.45, 2.75) is 52.3 Å². The first kappa shape index (κ1) is 13.3. The summed E-state index contributed by atoms with van der Waals surface area (Å²) in [6.45, 7) is 12.8. The number of halogens is 1. The molecular formula is C13H26ClN.